The van der Waals surface area contributed by atoms with E-state index in [-0.39, 0.29) is 24.9 Å². The van der Waals surface area contributed by atoms with Gasteiger partial charge in [-0.1, -0.05) is 97.9 Å². The first-order valence-corrected chi connectivity index (χ1v) is 17.3. The van der Waals surface area contributed by atoms with Crippen LogP contribution in [-0.4, -0.2) is 50.0 Å². The zero-order chi connectivity index (χ0) is 31.0. The second-order valence-electron chi connectivity index (χ2n) is 11.1. The van der Waals surface area contributed by atoms with Crippen LogP contribution in [0.15, 0.2) is 72.8 Å². The fourth-order valence-electron chi connectivity index (χ4n) is 5.44. The maximum atomic E-state index is 14.3. The highest BCUT2D eigenvalue weighted by Gasteiger charge is 2.34. The molecule has 3 aromatic carbocycles. The maximum absolute atomic E-state index is 14.3. The molecule has 0 heterocycles. The topological polar surface area (TPSA) is 86.8 Å². The number of carbonyl (C=O) groups excluding carboxylic acids is 2. The lowest BCUT2D eigenvalue weighted by atomic mass is 9.94. The summed E-state index contributed by atoms with van der Waals surface area (Å²) in [6.07, 6.45) is 7.11. The van der Waals surface area contributed by atoms with Gasteiger partial charge in [0.15, 0.2) is 0 Å². The van der Waals surface area contributed by atoms with Crippen molar-refractivity contribution in [1.29, 1.82) is 0 Å². The fourth-order valence-corrected chi connectivity index (χ4v) is 6.76. The second kappa shape index (κ2) is 15.1. The molecule has 3 aromatic rings. The molecule has 43 heavy (non-hydrogen) atoms. The van der Waals surface area contributed by atoms with Crippen molar-refractivity contribution in [3.63, 3.8) is 0 Å². The Labute approximate surface area is 265 Å². The number of sulfonamides is 1. The van der Waals surface area contributed by atoms with Gasteiger partial charge in [-0.2, -0.15) is 0 Å². The van der Waals surface area contributed by atoms with Crippen LogP contribution >= 0.6 is 23.2 Å². The standard InChI is InChI=1S/C33H39Cl2N3O4S/c1-3-24-14-18-29(19-15-24)38(43(2,41)42)23-32(39)37(22-26-16-17-27(34)21-30(26)35)31(20-25-10-6-4-7-11-25)33(40)36-28-12-8-5-9-13-28/h4,6-7,10-11,14-19,21,28,31H,3,5,8-9,12-13,20,22-23H2,1-2H3,(H,36,40)/t31-/m1/s1. The van der Waals surface area contributed by atoms with Gasteiger partial charge >= 0.3 is 0 Å². The van der Waals surface area contributed by atoms with Gasteiger partial charge in [-0.15, -0.1) is 0 Å². The van der Waals surface area contributed by atoms with Crippen LogP contribution in [0.5, 0.6) is 0 Å². The van der Waals surface area contributed by atoms with E-state index in [1.165, 1.54) is 4.90 Å². The third-order valence-electron chi connectivity index (χ3n) is 7.89. The number of nitrogens with one attached hydrogen (secondary N) is 1. The lowest BCUT2D eigenvalue weighted by Gasteiger charge is -2.35. The third-order valence-corrected chi connectivity index (χ3v) is 9.62. The van der Waals surface area contributed by atoms with Crippen LogP contribution in [0.4, 0.5) is 5.69 Å². The Balaban J connectivity index is 1.73. The molecule has 0 aliphatic heterocycles. The number of carbonyl (C=O) groups is 2. The first-order chi connectivity index (χ1) is 20.5. The van der Waals surface area contributed by atoms with E-state index in [0.29, 0.717) is 21.3 Å². The van der Waals surface area contributed by atoms with Crippen molar-refractivity contribution in [3.05, 3.63) is 99.5 Å². The molecule has 1 aliphatic carbocycles. The number of hydrogen-bond acceptors (Lipinski definition) is 4. The van der Waals surface area contributed by atoms with Crippen LogP contribution in [0, 0.1) is 0 Å². The molecule has 1 aliphatic rings. The van der Waals surface area contributed by atoms with Crippen molar-refractivity contribution < 1.29 is 18.0 Å². The van der Waals surface area contributed by atoms with Crippen LogP contribution < -0.4 is 9.62 Å². The van der Waals surface area contributed by atoms with Crippen molar-refractivity contribution in [2.45, 2.75) is 70.5 Å². The van der Waals surface area contributed by atoms with E-state index in [9.17, 15) is 18.0 Å². The molecule has 1 atom stereocenters. The zero-order valence-electron chi connectivity index (χ0n) is 24.6. The van der Waals surface area contributed by atoms with Gasteiger partial charge in [0.25, 0.3) is 0 Å². The van der Waals surface area contributed by atoms with Crippen molar-refractivity contribution >= 4 is 50.7 Å². The molecule has 0 unspecified atom stereocenters. The van der Waals surface area contributed by atoms with Gasteiger partial charge in [0.1, 0.15) is 12.6 Å². The monoisotopic (exact) mass is 643 g/mol. The summed E-state index contributed by atoms with van der Waals surface area (Å²) in [5.74, 6) is -0.789. The minimum absolute atomic E-state index is 0.00318. The molecule has 0 saturated heterocycles. The normalized spacial score (nSPS) is 14.6. The molecule has 10 heteroatoms. The van der Waals surface area contributed by atoms with Gasteiger partial charge in [-0.05, 0) is 60.2 Å². The number of amides is 2. The molecular weight excluding hydrogens is 605 g/mol. The van der Waals surface area contributed by atoms with Crippen LogP contribution in [0.1, 0.15) is 55.7 Å². The van der Waals surface area contributed by atoms with Crippen LogP contribution in [0.25, 0.3) is 0 Å². The van der Waals surface area contributed by atoms with Crippen molar-refractivity contribution in [3.8, 4) is 0 Å². The number of aryl methyl sites for hydroxylation is 1. The Bertz CT molecular complexity index is 1490. The number of rotatable bonds is 12. The number of nitrogens with zero attached hydrogens (tertiary/aromatic N) is 2. The minimum Gasteiger partial charge on any atom is -0.352 e. The van der Waals surface area contributed by atoms with E-state index < -0.39 is 28.5 Å². The Morgan fingerprint density at radius 3 is 2.21 bits per heavy atom. The first kappa shape index (κ1) is 32.8. The molecule has 0 bridgehead atoms. The molecule has 2 amide bonds. The molecule has 1 N–H and O–H groups in total. The molecule has 4 rings (SSSR count). The number of benzene rings is 3. The molecule has 0 radical (unpaired) electrons. The lowest BCUT2D eigenvalue weighted by Crippen LogP contribution is -2.55. The largest absolute Gasteiger partial charge is 0.352 e. The Kier molecular flexibility index (Phi) is 11.5. The molecule has 230 valence electrons. The molecule has 1 saturated carbocycles. The predicted octanol–water partition coefficient (Wildman–Crippen LogP) is 6.41. The Morgan fingerprint density at radius 2 is 1.60 bits per heavy atom. The van der Waals surface area contributed by atoms with Crippen LogP contribution in [-0.2, 0) is 39.0 Å². The van der Waals surface area contributed by atoms with Crippen LogP contribution in [0.2, 0.25) is 10.0 Å². The second-order valence-corrected chi connectivity index (χ2v) is 13.8. The smallest absolute Gasteiger partial charge is 0.244 e. The van der Waals surface area contributed by atoms with E-state index in [1.807, 2.05) is 49.4 Å². The fraction of sp³-hybridized carbons (Fsp3) is 0.394. The van der Waals surface area contributed by atoms with Gasteiger partial charge in [0, 0.05) is 29.1 Å². The Hall–Kier alpha value is -3.07. The maximum Gasteiger partial charge on any atom is 0.244 e. The zero-order valence-corrected chi connectivity index (χ0v) is 27.0. The summed E-state index contributed by atoms with van der Waals surface area (Å²) in [7, 11) is -3.84. The summed E-state index contributed by atoms with van der Waals surface area (Å²) >= 11 is 12.7. The van der Waals surface area contributed by atoms with E-state index >= 15 is 0 Å². The van der Waals surface area contributed by atoms with Gasteiger partial charge in [0.2, 0.25) is 21.8 Å². The molecule has 0 aromatic heterocycles. The van der Waals surface area contributed by atoms with E-state index in [2.05, 4.69) is 5.32 Å². The summed E-state index contributed by atoms with van der Waals surface area (Å²) in [5, 5.41) is 3.99. The summed E-state index contributed by atoms with van der Waals surface area (Å²) in [6.45, 7) is 1.53. The van der Waals surface area contributed by atoms with Crippen molar-refractivity contribution in [2.75, 3.05) is 17.1 Å². The highest BCUT2D eigenvalue weighted by Crippen LogP contribution is 2.26. The summed E-state index contributed by atoms with van der Waals surface area (Å²) in [4.78, 5) is 29.8. The predicted molar refractivity (Wildman–Crippen MR) is 174 cm³/mol. The molecule has 7 nitrogen and oxygen atoms in total. The number of halogens is 2. The van der Waals surface area contributed by atoms with E-state index in [4.69, 9.17) is 23.2 Å². The number of hydrogen-bond donors (Lipinski definition) is 1. The molecule has 1 fully saturated rings. The van der Waals surface area contributed by atoms with E-state index in [0.717, 1.165) is 60.2 Å². The summed E-state index contributed by atoms with van der Waals surface area (Å²) < 4.78 is 27.1. The van der Waals surface area contributed by atoms with Crippen LogP contribution in [0.3, 0.4) is 0 Å². The van der Waals surface area contributed by atoms with Gasteiger partial charge in [0.05, 0.1) is 11.9 Å². The SMILES string of the molecule is CCc1ccc(N(CC(=O)N(Cc2ccc(Cl)cc2Cl)[C@H](Cc2ccccc2)C(=O)NC2CCCCC2)S(C)(=O)=O)cc1. The summed E-state index contributed by atoms with van der Waals surface area (Å²) in [5.41, 5.74) is 2.90. The third kappa shape index (κ3) is 9.21. The van der Waals surface area contributed by atoms with Crippen molar-refractivity contribution in [1.82, 2.24) is 10.2 Å². The van der Waals surface area contributed by atoms with Gasteiger partial charge < -0.3 is 10.2 Å². The van der Waals surface area contributed by atoms with E-state index in [1.54, 1.807) is 30.3 Å². The Morgan fingerprint density at radius 1 is 0.930 bits per heavy atom. The highest BCUT2D eigenvalue weighted by atomic mass is 35.5. The van der Waals surface area contributed by atoms with Gasteiger partial charge in [-0.25, -0.2) is 8.42 Å². The minimum atomic E-state index is -3.84. The van der Waals surface area contributed by atoms with Gasteiger partial charge in [-0.3, -0.25) is 13.9 Å². The first-order valence-electron chi connectivity index (χ1n) is 14.7. The average Bonchev–Trinajstić information content (AvgIpc) is 2.99. The average molecular weight is 645 g/mol. The quantitative estimate of drug-likeness (QED) is 0.247. The molecular formula is C33H39Cl2N3O4S. The lowest BCUT2D eigenvalue weighted by molar-refractivity contribution is -0.140. The number of anilines is 1. The molecule has 0 spiro atoms. The summed E-state index contributed by atoms with van der Waals surface area (Å²) in [6, 6.07) is 20.7. The van der Waals surface area contributed by atoms with Crippen molar-refractivity contribution in [2.24, 2.45) is 0 Å². The highest BCUT2D eigenvalue weighted by molar-refractivity contribution is 7.92.